The van der Waals surface area contributed by atoms with E-state index in [4.69, 9.17) is 0 Å². The summed E-state index contributed by atoms with van der Waals surface area (Å²) in [5, 5.41) is 0. The Labute approximate surface area is 71.2 Å². The zero-order valence-corrected chi connectivity index (χ0v) is 7.23. The number of aryl methyl sites for hydroxylation is 2. The molecule has 0 saturated heterocycles. The molecule has 0 amide bonds. The molecule has 0 unspecified atom stereocenters. The average Bonchev–Trinajstić information content (AvgIpc) is 2.09. The van der Waals surface area contributed by atoms with Crippen molar-refractivity contribution in [2.45, 2.75) is 20.3 Å². The molecule has 2 heteroatoms. The fourth-order valence-corrected chi connectivity index (χ4v) is 1.18. The van der Waals surface area contributed by atoms with Crippen molar-refractivity contribution >= 4 is 6.29 Å². The Balaban J connectivity index is 3.35. The number of carbonyl (C=O) groups is 1. The molecule has 12 heavy (non-hydrogen) atoms. The van der Waals surface area contributed by atoms with Crippen LogP contribution in [0.25, 0.3) is 0 Å². The summed E-state index contributed by atoms with van der Waals surface area (Å²) >= 11 is 0. The molecular weight excluding hydrogens is 155 g/mol. The van der Waals surface area contributed by atoms with Gasteiger partial charge in [-0.05, 0) is 24.5 Å². The van der Waals surface area contributed by atoms with Gasteiger partial charge in [0.1, 0.15) is 5.82 Å². The molecular formula is C10H11FO. The molecule has 0 spiro atoms. The Hall–Kier alpha value is -1.18. The third-order valence-electron chi connectivity index (χ3n) is 1.96. The van der Waals surface area contributed by atoms with Gasteiger partial charge in [-0.1, -0.05) is 19.1 Å². The van der Waals surface area contributed by atoms with Crippen LogP contribution in [0.4, 0.5) is 4.39 Å². The van der Waals surface area contributed by atoms with Crippen LogP contribution >= 0.6 is 0 Å². The predicted octanol–water partition coefficient (Wildman–Crippen LogP) is 2.51. The van der Waals surface area contributed by atoms with E-state index in [9.17, 15) is 9.18 Å². The first-order valence-electron chi connectivity index (χ1n) is 3.93. The van der Waals surface area contributed by atoms with Crippen molar-refractivity contribution in [1.29, 1.82) is 0 Å². The normalized spacial score (nSPS) is 9.92. The first-order chi connectivity index (χ1) is 5.70. The van der Waals surface area contributed by atoms with Crippen molar-refractivity contribution in [3.05, 3.63) is 34.6 Å². The molecule has 0 heterocycles. The quantitative estimate of drug-likeness (QED) is 0.617. The van der Waals surface area contributed by atoms with E-state index >= 15 is 0 Å². The van der Waals surface area contributed by atoms with Gasteiger partial charge in [-0.25, -0.2) is 4.39 Å². The van der Waals surface area contributed by atoms with E-state index < -0.39 is 0 Å². The van der Waals surface area contributed by atoms with E-state index in [0.717, 1.165) is 5.56 Å². The maximum absolute atomic E-state index is 13.2. The molecule has 0 radical (unpaired) electrons. The number of hydrogen-bond donors (Lipinski definition) is 0. The average molecular weight is 166 g/mol. The molecule has 0 fully saturated rings. The lowest BCUT2D eigenvalue weighted by Crippen LogP contribution is -1.97. The van der Waals surface area contributed by atoms with Crippen molar-refractivity contribution in [3.63, 3.8) is 0 Å². The third-order valence-corrected chi connectivity index (χ3v) is 1.96. The van der Waals surface area contributed by atoms with Gasteiger partial charge in [0.2, 0.25) is 0 Å². The van der Waals surface area contributed by atoms with Crippen LogP contribution in [0.5, 0.6) is 0 Å². The molecule has 1 rings (SSSR count). The highest BCUT2D eigenvalue weighted by Gasteiger charge is 2.08. The maximum Gasteiger partial charge on any atom is 0.153 e. The van der Waals surface area contributed by atoms with Crippen molar-refractivity contribution in [3.8, 4) is 0 Å². The van der Waals surface area contributed by atoms with Crippen molar-refractivity contribution in [2.24, 2.45) is 0 Å². The number of rotatable bonds is 2. The summed E-state index contributed by atoms with van der Waals surface area (Å²) in [4.78, 5) is 10.5. The van der Waals surface area contributed by atoms with Gasteiger partial charge in [0.05, 0.1) is 5.56 Å². The van der Waals surface area contributed by atoms with Crippen LogP contribution in [0.3, 0.4) is 0 Å². The molecule has 0 aliphatic carbocycles. The van der Waals surface area contributed by atoms with Gasteiger partial charge in [0.15, 0.2) is 6.29 Å². The summed E-state index contributed by atoms with van der Waals surface area (Å²) in [6, 6.07) is 3.49. The van der Waals surface area contributed by atoms with E-state index in [1.54, 1.807) is 19.1 Å². The Bertz CT molecular complexity index is 305. The molecule has 0 N–H and O–H groups in total. The van der Waals surface area contributed by atoms with Crippen LogP contribution in [0, 0.1) is 12.7 Å². The largest absolute Gasteiger partial charge is 0.298 e. The highest BCUT2D eigenvalue weighted by Crippen LogP contribution is 2.15. The third kappa shape index (κ3) is 1.37. The molecule has 0 aliphatic heterocycles. The van der Waals surface area contributed by atoms with Crippen LogP contribution in [-0.2, 0) is 6.42 Å². The van der Waals surface area contributed by atoms with Crippen molar-refractivity contribution in [1.82, 2.24) is 0 Å². The number of aldehydes is 1. The number of halogens is 1. The maximum atomic E-state index is 13.2. The Morgan fingerprint density at radius 1 is 1.50 bits per heavy atom. The van der Waals surface area contributed by atoms with E-state index in [1.807, 2.05) is 6.92 Å². The smallest absolute Gasteiger partial charge is 0.153 e. The second kappa shape index (κ2) is 3.48. The molecule has 0 aromatic heterocycles. The summed E-state index contributed by atoms with van der Waals surface area (Å²) in [5.41, 5.74) is 1.50. The highest BCUT2D eigenvalue weighted by atomic mass is 19.1. The summed E-state index contributed by atoms with van der Waals surface area (Å²) < 4.78 is 13.2. The zero-order chi connectivity index (χ0) is 9.14. The number of benzene rings is 1. The van der Waals surface area contributed by atoms with Gasteiger partial charge in [-0.2, -0.15) is 0 Å². The topological polar surface area (TPSA) is 17.1 Å². The summed E-state index contributed by atoms with van der Waals surface area (Å²) in [5.74, 6) is -0.385. The minimum absolute atomic E-state index is 0.206. The summed E-state index contributed by atoms with van der Waals surface area (Å²) in [6.07, 6.45) is 1.27. The van der Waals surface area contributed by atoms with Gasteiger partial charge in [0.25, 0.3) is 0 Å². The van der Waals surface area contributed by atoms with Gasteiger partial charge in [0, 0.05) is 0 Å². The van der Waals surface area contributed by atoms with Gasteiger partial charge in [-0.3, -0.25) is 4.79 Å². The molecule has 0 atom stereocenters. The predicted molar refractivity (Wildman–Crippen MR) is 45.9 cm³/mol. The van der Waals surface area contributed by atoms with Crippen LogP contribution < -0.4 is 0 Å². The van der Waals surface area contributed by atoms with E-state index in [-0.39, 0.29) is 11.4 Å². The van der Waals surface area contributed by atoms with Gasteiger partial charge >= 0.3 is 0 Å². The van der Waals surface area contributed by atoms with Crippen LogP contribution in [0.2, 0.25) is 0 Å². The van der Waals surface area contributed by atoms with Crippen LogP contribution in [0.15, 0.2) is 12.1 Å². The SMILES string of the molecule is CCc1ccc(C)c(F)c1C=O. The Morgan fingerprint density at radius 2 is 2.17 bits per heavy atom. The standard InChI is InChI=1S/C10H11FO/c1-3-8-5-4-7(2)10(11)9(8)6-12/h4-6H,3H2,1-2H3. The molecule has 0 bridgehead atoms. The number of hydrogen-bond acceptors (Lipinski definition) is 1. The molecule has 0 aliphatic rings. The second-order valence-electron chi connectivity index (χ2n) is 2.74. The van der Waals surface area contributed by atoms with E-state index in [0.29, 0.717) is 18.3 Å². The molecule has 64 valence electrons. The Kier molecular flexibility index (Phi) is 2.58. The Morgan fingerprint density at radius 3 is 2.67 bits per heavy atom. The zero-order valence-electron chi connectivity index (χ0n) is 7.23. The fourth-order valence-electron chi connectivity index (χ4n) is 1.18. The fraction of sp³-hybridized carbons (Fsp3) is 0.300. The summed E-state index contributed by atoms with van der Waals surface area (Å²) in [6.45, 7) is 3.55. The first-order valence-corrected chi connectivity index (χ1v) is 3.93. The monoisotopic (exact) mass is 166 g/mol. The molecule has 1 aromatic carbocycles. The van der Waals surface area contributed by atoms with Crippen LogP contribution in [0.1, 0.15) is 28.4 Å². The number of carbonyl (C=O) groups excluding carboxylic acids is 1. The van der Waals surface area contributed by atoms with Crippen molar-refractivity contribution < 1.29 is 9.18 Å². The van der Waals surface area contributed by atoms with Gasteiger partial charge in [-0.15, -0.1) is 0 Å². The van der Waals surface area contributed by atoms with Crippen LogP contribution in [-0.4, -0.2) is 6.29 Å². The lowest BCUT2D eigenvalue weighted by molar-refractivity contribution is 0.111. The summed E-state index contributed by atoms with van der Waals surface area (Å²) in [7, 11) is 0. The second-order valence-corrected chi connectivity index (χ2v) is 2.74. The molecule has 1 aromatic rings. The van der Waals surface area contributed by atoms with E-state index in [1.165, 1.54) is 0 Å². The van der Waals surface area contributed by atoms with Crippen molar-refractivity contribution in [2.75, 3.05) is 0 Å². The molecule has 0 saturated carbocycles. The van der Waals surface area contributed by atoms with E-state index in [2.05, 4.69) is 0 Å². The highest BCUT2D eigenvalue weighted by molar-refractivity contribution is 5.78. The minimum atomic E-state index is -0.385. The van der Waals surface area contributed by atoms with Gasteiger partial charge < -0.3 is 0 Å². The first kappa shape index (κ1) is 8.91. The lowest BCUT2D eigenvalue weighted by Gasteiger charge is -2.04. The minimum Gasteiger partial charge on any atom is -0.298 e. The lowest BCUT2D eigenvalue weighted by atomic mass is 10.0. The molecule has 1 nitrogen and oxygen atoms in total.